The molecule has 1 aromatic carbocycles. The fraction of sp³-hybridized carbons (Fsp3) is 0.150. The van der Waals surface area contributed by atoms with Crippen molar-refractivity contribution < 1.29 is 14.3 Å². The van der Waals surface area contributed by atoms with Crippen LogP contribution in [-0.4, -0.2) is 23.9 Å². The highest BCUT2D eigenvalue weighted by atomic mass is 32.1. The molecule has 0 radical (unpaired) electrons. The van der Waals surface area contributed by atoms with Crippen LogP contribution in [0.2, 0.25) is 0 Å². The molecule has 7 heteroatoms. The largest absolute Gasteiger partial charge is 0.497 e. The van der Waals surface area contributed by atoms with Gasteiger partial charge < -0.3 is 4.74 Å². The van der Waals surface area contributed by atoms with E-state index in [1.807, 2.05) is 24.3 Å². The summed E-state index contributed by atoms with van der Waals surface area (Å²) in [7, 11) is 1.66. The van der Waals surface area contributed by atoms with Crippen molar-refractivity contribution in [1.82, 2.24) is 15.8 Å². The third-order valence-corrected chi connectivity index (χ3v) is 5.65. The molecule has 0 atom stereocenters. The molecule has 0 fully saturated rings. The lowest BCUT2D eigenvalue weighted by Crippen LogP contribution is -2.41. The average Bonchev–Trinajstić information content (AvgIpc) is 3.16. The number of amides is 2. The van der Waals surface area contributed by atoms with E-state index in [0.29, 0.717) is 4.88 Å². The molecule has 0 unspecified atom stereocenters. The predicted molar refractivity (Wildman–Crippen MR) is 103 cm³/mol. The lowest BCUT2D eigenvalue weighted by atomic mass is 9.91. The van der Waals surface area contributed by atoms with Crippen LogP contribution in [0.1, 0.15) is 31.3 Å². The molecule has 0 spiro atoms. The normalized spacial score (nSPS) is 11.9. The molecule has 2 heterocycles. The molecule has 1 aliphatic rings. The van der Waals surface area contributed by atoms with Crippen LogP contribution < -0.4 is 15.6 Å². The molecule has 0 bridgehead atoms. The van der Waals surface area contributed by atoms with Crippen molar-refractivity contribution in [1.29, 1.82) is 0 Å². The third kappa shape index (κ3) is 3.41. The molecule has 136 valence electrons. The number of carbonyl (C=O) groups excluding carboxylic acids is 2. The lowest BCUT2D eigenvalue weighted by molar-refractivity contribution is 0.0846. The van der Waals surface area contributed by atoms with E-state index in [2.05, 4.69) is 15.8 Å². The van der Waals surface area contributed by atoms with Crippen LogP contribution in [0.5, 0.6) is 5.75 Å². The van der Waals surface area contributed by atoms with Crippen molar-refractivity contribution in [3.63, 3.8) is 0 Å². The molecule has 6 nitrogen and oxygen atoms in total. The number of ether oxygens (including phenoxy) is 1. The quantitative estimate of drug-likeness (QED) is 0.686. The minimum Gasteiger partial charge on any atom is -0.497 e. The topological polar surface area (TPSA) is 80.3 Å². The molecular formula is C20H17N3O3S. The maximum absolute atomic E-state index is 12.5. The number of carbonyl (C=O) groups is 2. The molecule has 0 aliphatic heterocycles. The first-order chi connectivity index (χ1) is 13.2. The first-order valence-corrected chi connectivity index (χ1v) is 9.29. The van der Waals surface area contributed by atoms with Gasteiger partial charge in [-0.3, -0.25) is 25.4 Å². The zero-order valence-electron chi connectivity index (χ0n) is 14.6. The number of aromatic nitrogens is 1. The number of nitrogens with one attached hydrogen (secondary N) is 2. The van der Waals surface area contributed by atoms with Gasteiger partial charge in [-0.2, -0.15) is 0 Å². The Kier molecular flexibility index (Phi) is 4.60. The summed E-state index contributed by atoms with van der Waals surface area (Å²) < 4.78 is 5.30. The van der Waals surface area contributed by atoms with Gasteiger partial charge in [0.2, 0.25) is 0 Å². The molecule has 2 aromatic heterocycles. The third-order valence-electron chi connectivity index (χ3n) is 4.44. The van der Waals surface area contributed by atoms with Gasteiger partial charge in [0.05, 0.1) is 12.0 Å². The summed E-state index contributed by atoms with van der Waals surface area (Å²) in [5.41, 5.74) is 8.61. The van der Waals surface area contributed by atoms with Crippen LogP contribution in [-0.2, 0) is 12.8 Å². The summed E-state index contributed by atoms with van der Waals surface area (Å²) >= 11 is 1.43. The number of aryl methyl sites for hydroxylation is 2. The van der Waals surface area contributed by atoms with Crippen molar-refractivity contribution >= 4 is 23.2 Å². The van der Waals surface area contributed by atoms with Gasteiger partial charge in [-0.05, 0) is 65.9 Å². The van der Waals surface area contributed by atoms with Crippen LogP contribution in [0.3, 0.4) is 0 Å². The number of benzene rings is 1. The SMILES string of the molecule is COc1ccc2c(c1)CCc1cc(C(=O)NNC(=O)c3ccccn3)sc1-2. The first-order valence-electron chi connectivity index (χ1n) is 8.47. The number of pyridine rings is 1. The zero-order valence-corrected chi connectivity index (χ0v) is 15.4. The van der Waals surface area contributed by atoms with E-state index in [9.17, 15) is 9.59 Å². The zero-order chi connectivity index (χ0) is 18.8. The van der Waals surface area contributed by atoms with Gasteiger partial charge in [0.25, 0.3) is 11.8 Å². The number of hydrazine groups is 1. The number of rotatable bonds is 3. The molecule has 1 aliphatic carbocycles. The smallest absolute Gasteiger partial charge is 0.288 e. The summed E-state index contributed by atoms with van der Waals surface area (Å²) in [4.78, 5) is 30.1. The highest BCUT2D eigenvalue weighted by Gasteiger charge is 2.22. The number of thiophene rings is 1. The van der Waals surface area contributed by atoms with Crippen molar-refractivity contribution in [2.24, 2.45) is 0 Å². The predicted octanol–water partition coefficient (Wildman–Crippen LogP) is 2.99. The van der Waals surface area contributed by atoms with Crippen molar-refractivity contribution in [3.05, 3.63) is 70.4 Å². The lowest BCUT2D eigenvalue weighted by Gasteiger charge is -2.16. The number of methoxy groups -OCH3 is 1. The Hall–Kier alpha value is -3.19. The molecule has 2 amide bonds. The van der Waals surface area contributed by atoms with Gasteiger partial charge in [0, 0.05) is 11.1 Å². The van der Waals surface area contributed by atoms with Gasteiger partial charge in [-0.1, -0.05) is 6.07 Å². The molecule has 0 saturated carbocycles. The van der Waals surface area contributed by atoms with Gasteiger partial charge in [0.1, 0.15) is 11.4 Å². The molecule has 0 saturated heterocycles. The number of hydrogen-bond donors (Lipinski definition) is 2. The summed E-state index contributed by atoms with van der Waals surface area (Å²) in [5.74, 6) is 0.0420. The minimum absolute atomic E-state index is 0.242. The van der Waals surface area contributed by atoms with Crippen molar-refractivity contribution in [3.8, 4) is 16.2 Å². The summed E-state index contributed by atoms with van der Waals surface area (Å²) in [6.45, 7) is 0. The Morgan fingerprint density at radius 1 is 1.04 bits per heavy atom. The fourth-order valence-electron chi connectivity index (χ4n) is 3.09. The van der Waals surface area contributed by atoms with Gasteiger partial charge in [-0.25, -0.2) is 0 Å². The molecule has 27 heavy (non-hydrogen) atoms. The van der Waals surface area contributed by atoms with E-state index in [1.54, 1.807) is 25.3 Å². The Bertz CT molecular complexity index is 1010. The van der Waals surface area contributed by atoms with E-state index in [1.165, 1.54) is 23.1 Å². The monoisotopic (exact) mass is 379 g/mol. The van der Waals surface area contributed by atoms with E-state index < -0.39 is 5.91 Å². The Morgan fingerprint density at radius 2 is 1.85 bits per heavy atom. The Balaban J connectivity index is 1.50. The van der Waals surface area contributed by atoms with Gasteiger partial charge in [0.15, 0.2) is 0 Å². The molecular weight excluding hydrogens is 362 g/mol. The van der Waals surface area contributed by atoms with E-state index >= 15 is 0 Å². The number of hydrogen-bond acceptors (Lipinski definition) is 5. The Morgan fingerprint density at radius 3 is 2.63 bits per heavy atom. The minimum atomic E-state index is -0.456. The first kappa shape index (κ1) is 17.2. The number of nitrogens with zero attached hydrogens (tertiary/aromatic N) is 1. The molecule has 4 rings (SSSR count). The molecule has 2 N–H and O–H groups in total. The van der Waals surface area contributed by atoms with Crippen molar-refractivity contribution in [2.75, 3.05) is 7.11 Å². The van der Waals surface area contributed by atoms with Crippen LogP contribution >= 0.6 is 11.3 Å². The van der Waals surface area contributed by atoms with Gasteiger partial charge >= 0.3 is 0 Å². The Labute approximate surface area is 160 Å². The second-order valence-electron chi connectivity index (χ2n) is 6.11. The highest BCUT2D eigenvalue weighted by molar-refractivity contribution is 7.17. The maximum atomic E-state index is 12.5. The van der Waals surface area contributed by atoms with E-state index in [-0.39, 0.29) is 11.6 Å². The summed E-state index contributed by atoms with van der Waals surface area (Å²) in [5, 5.41) is 0. The van der Waals surface area contributed by atoms with Crippen molar-refractivity contribution in [2.45, 2.75) is 12.8 Å². The second kappa shape index (κ2) is 7.20. The average molecular weight is 379 g/mol. The van der Waals surface area contributed by atoms with Crippen LogP contribution in [0.25, 0.3) is 10.4 Å². The molecule has 3 aromatic rings. The van der Waals surface area contributed by atoms with Gasteiger partial charge in [-0.15, -0.1) is 11.3 Å². The summed E-state index contributed by atoms with van der Waals surface area (Å²) in [6, 6.07) is 12.9. The fourth-order valence-corrected chi connectivity index (χ4v) is 4.25. The second-order valence-corrected chi connectivity index (χ2v) is 7.16. The van der Waals surface area contributed by atoms with Crippen LogP contribution in [0, 0.1) is 0 Å². The highest BCUT2D eigenvalue weighted by Crippen LogP contribution is 2.40. The number of fused-ring (bicyclic) bond motifs is 3. The van der Waals surface area contributed by atoms with E-state index in [0.717, 1.165) is 34.6 Å². The standard InChI is InChI=1S/C20H17N3O3S/c1-26-14-7-8-15-12(10-14)5-6-13-11-17(27-18(13)15)20(25)23-22-19(24)16-4-2-3-9-21-16/h2-4,7-11H,5-6H2,1H3,(H,22,24)(H,23,25). The van der Waals surface area contributed by atoms with Crippen LogP contribution in [0.4, 0.5) is 0 Å². The summed E-state index contributed by atoms with van der Waals surface area (Å²) in [6.07, 6.45) is 3.31. The van der Waals surface area contributed by atoms with Crippen LogP contribution in [0.15, 0.2) is 48.7 Å². The van der Waals surface area contributed by atoms with E-state index in [4.69, 9.17) is 4.74 Å². The maximum Gasteiger partial charge on any atom is 0.288 e.